The van der Waals surface area contributed by atoms with Crippen molar-refractivity contribution < 1.29 is 4.79 Å². The third kappa shape index (κ3) is 4.23. The van der Waals surface area contributed by atoms with Crippen LogP contribution in [0.1, 0.15) is 57.5 Å². The van der Waals surface area contributed by atoms with E-state index in [0.29, 0.717) is 12.3 Å². The van der Waals surface area contributed by atoms with Gasteiger partial charge >= 0.3 is 0 Å². The van der Waals surface area contributed by atoms with Crippen LogP contribution in [0, 0.1) is 5.41 Å². The molecular formula is C18H26N4OS. The normalized spacial score (nSPS) is 18.8. The van der Waals surface area contributed by atoms with Gasteiger partial charge in [0.25, 0.3) is 0 Å². The van der Waals surface area contributed by atoms with E-state index in [1.54, 1.807) is 11.3 Å². The van der Waals surface area contributed by atoms with Gasteiger partial charge in [0.1, 0.15) is 5.82 Å². The highest BCUT2D eigenvalue weighted by Crippen LogP contribution is 2.28. The zero-order valence-electron chi connectivity index (χ0n) is 14.7. The van der Waals surface area contributed by atoms with Crippen molar-refractivity contribution in [3.8, 4) is 0 Å². The summed E-state index contributed by atoms with van der Waals surface area (Å²) < 4.78 is 2.18. The number of hydrogen-bond acceptors (Lipinski definition) is 4. The molecule has 1 saturated heterocycles. The summed E-state index contributed by atoms with van der Waals surface area (Å²) in [5.74, 6) is 1.66. The Morgan fingerprint density at radius 1 is 1.38 bits per heavy atom. The number of nitrogens with zero attached hydrogens (tertiary/aromatic N) is 4. The highest BCUT2D eigenvalue weighted by atomic mass is 32.1. The average molecular weight is 347 g/mol. The molecule has 3 heterocycles. The van der Waals surface area contributed by atoms with Crippen molar-refractivity contribution in [1.29, 1.82) is 0 Å². The number of imidazole rings is 1. The lowest BCUT2D eigenvalue weighted by atomic mass is 9.90. The fraction of sp³-hybridized carbons (Fsp3) is 0.611. The lowest BCUT2D eigenvalue weighted by Crippen LogP contribution is -2.41. The molecule has 0 aliphatic carbocycles. The summed E-state index contributed by atoms with van der Waals surface area (Å²) in [4.78, 5) is 23.5. The van der Waals surface area contributed by atoms with Gasteiger partial charge in [-0.15, -0.1) is 11.3 Å². The van der Waals surface area contributed by atoms with Crippen molar-refractivity contribution >= 4 is 17.2 Å². The predicted molar refractivity (Wildman–Crippen MR) is 96.1 cm³/mol. The number of amides is 1. The SMILES string of the molecule is CC(C)(C)CC(=O)N1CCC[C@@H](c2nccn2Cc2cscn2)C1. The second kappa shape index (κ2) is 7.05. The molecule has 0 N–H and O–H groups in total. The first-order valence-electron chi connectivity index (χ1n) is 8.58. The molecule has 24 heavy (non-hydrogen) atoms. The zero-order valence-corrected chi connectivity index (χ0v) is 15.6. The summed E-state index contributed by atoms with van der Waals surface area (Å²) in [5, 5.41) is 2.07. The second-order valence-corrected chi connectivity index (χ2v) is 8.53. The highest BCUT2D eigenvalue weighted by molar-refractivity contribution is 7.07. The number of hydrogen-bond donors (Lipinski definition) is 0. The molecule has 1 amide bonds. The lowest BCUT2D eigenvalue weighted by Gasteiger charge is -2.34. The fourth-order valence-corrected chi connectivity index (χ4v) is 3.83. The van der Waals surface area contributed by atoms with Gasteiger partial charge in [-0.3, -0.25) is 4.79 Å². The number of rotatable bonds is 4. The molecule has 3 rings (SSSR count). The lowest BCUT2D eigenvalue weighted by molar-refractivity contribution is -0.134. The van der Waals surface area contributed by atoms with Crippen LogP contribution in [0.5, 0.6) is 0 Å². The first-order chi connectivity index (χ1) is 11.4. The van der Waals surface area contributed by atoms with Crippen LogP contribution in [0.25, 0.3) is 0 Å². The number of piperidine rings is 1. The summed E-state index contributed by atoms with van der Waals surface area (Å²) in [7, 11) is 0. The van der Waals surface area contributed by atoms with Crippen LogP contribution in [-0.2, 0) is 11.3 Å². The maximum atomic E-state index is 12.6. The molecule has 0 unspecified atom stereocenters. The average Bonchev–Trinajstić information content (AvgIpc) is 3.18. The van der Waals surface area contributed by atoms with Crippen molar-refractivity contribution in [1.82, 2.24) is 19.4 Å². The molecule has 0 saturated carbocycles. The van der Waals surface area contributed by atoms with Gasteiger partial charge in [0, 0.05) is 43.2 Å². The molecule has 1 atom stereocenters. The minimum Gasteiger partial charge on any atom is -0.342 e. The van der Waals surface area contributed by atoms with Gasteiger partial charge in [-0.2, -0.15) is 0 Å². The Bertz CT molecular complexity index is 672. The van der Waals surface area contributed by atoms with Crippen LogP contribution < -0.4 is 0 Å². The molecule has 0 radical (unpaired) electrons. The van der Waals surface area contributed by atoms with Gasteiger partial charge in [0.2, 0.25) is 5.91 Å². The van der Waals surface area contributed by atoms with Gasteiger partial charge in [-0.1, -0.05) is 20.8 Å². The summed E-state index contributed by atoms with van der Waals surface area (Å²) in [6.45, 7) is 8.76. The summed E-state index contributed by atoms with van der Waals surface area (Å²) >= 11 is 1.61. The van der Waals surface area contributed by atoms with E-state index in [1.807, 2.05) is 22.8 Å². The van der Waals surface area contributed by atoms with Crippen LogP contribution in [0.15, 0.2) is 23.3 Å². The molecule has 1 fully saturated rings. The summed E-state index contributed by atoms with van der Waals surface area (Å²) in [6, 6.07) is 0. The monoisotopic (exact) mass is 346 g/mol. The minimum absolute atomic E-state index is 0.0348. The Labute approximate surface area is 147 Å². The molecule has 0 spiro atoms. The first-order valence-corrected chi connectivity index (χ1v) is 9.52. The number of carbonyl (C=O) groups excluding carboxylic acids is 1. The molecule has 1 aliphatic heterocycles. The van der Waals surface area contributed by atoms with Crippen LogP contribution in [0.3, 0.4) is 0 Å². The van der Waals surface area contributed by atoms with Gasteiger partial charge < -0.3 is 9.47 Å². The number of likely N-dealkylation sites (tertiary alicyclic amines) is 1. The van der Waals surface area contributed by atoms with E-state index >= 15 is 0 Å². The van der Waals surface area contributed by atoms with Crippen molar-refractivity contribution in [2.75, 3.05) is 13.1 Å². The number of carbonyl (C=O) groups is 1. The Kier molecular flexibility index (Phi) is 5.04. The molecule has 1 aliphatic rings. The highest BCUT2D eigenvalue weighted by Gasteiger charge is 2.29. The zero-order chi connectivity index (χ0) is 17.2. The Balaban J connectivity index is 1.69. The van der Waals surface area contributed by atoms with Crippen molar-refractivity contribution in [2.24, 2.45) is 5.41 Å². The standard InChI is InChI=1S/C18H26N4OS/c1-18(2,3)9-16(23)21-7-4-5-14(10-21)17-19-6-8-22(17)11-15-12-24-13-20-15/h6,8,12-14H,4-5,7,9-11H2,1-3H3/t14-/m1/s1. The van der Waals surface area contributed by atoms with E-state index in [2.05, 4.69) is 40.7 Å². The third-order valence-corrected chi connectivity index (χ3v) is 5.02. The molecule has 0 bridgehead atoms. The molecule has 6 heteroatoms. The molecular weight excluding hydrogens is 320 g/mol. The smallest absolute Gasteiger partial charge is 0.223 e. The maximum absolute atomic E-state index is 12.6. The molecule has 2 aromatic heterocycles. The Morgan fingerprint density at radius 2 is 2.21 bits per heavy atom. The Morgan fingerprint density at radius 3 is 2.92 bits per heavy atom. The molecule has 130 valence electrons. The summed E-state index contributed by atoms with van der Waals surface area (Å²) in [6.07, 6.45) is 6.62. The van der Waals surface area contributed by atoms with Gasteiger partial charge in [0.15, 0.2) is 0 Å². The van der Waals surface area contributed by atoms with Crippen LogP contribution in [0.2, 0.25) is 0 Å². The molecule has 2 aromatic rings. The van der Waals surface area contributed by atoms with Gasteiger partial charge in [-0.05, 0) is 18.3 Å². The van der Waals surface area contributed by atoms with E-state index in [1.165, 1.54) is 0 Å². The van der Waals surface area contributed by atoms with E-state index in [4.69, 9.17) is 0 Å². The van der Waals surface area contributed by atoms with E-state index in [9.17, 15) is 4.79 Å². The largest absolute Gasteiger partial charge is 0.342 e. The summed E-state index contributed by atoms with van der Waals surface area (Å²) in [5.41, 5.74) is 2.96. The van der Waals surface area contributed by atoms with Crippen LogP contribution in [0.4, 0.5) is 0 Å². The van der Waals surface area contributed by atoms with Crippen molar-refractivity contribution in [2.45, 2.75) is 52.5 Å². The number of thiazole rings is 1. The topological polar surface area (TPSA) is 51.0 Å². The third-order valence-electron chi connectivity index (χ3n) is 4.38. The second-order valence-electron chi connectivity index (χ2n) is 7.81. The fourth-order valence-electron chi connectivity index (χ4n) is 3.28. The van der Waals surface area contributed by atoms with E-state index in [0.717, 1.165) is 44.0 Å². The van der Waals surface area contributed by atoms with Crippen LogP contribution >= 0.6 is 11.3 Å². The van der Waals surface area contributed by atoms with Crippen molar-refractivity contribution in [3.63, 3.8) is 0 Å². The predicted octanol–water partition coefficient (Wildman–Crippen LogP) is 3.53. The molecule has 0 aromatic carbocycles. The van der Waals surface area contributed by atoms with Gasteiger partial charge in [-0.25, -0.2) is 9.97 Å². The van der Waals surface area contributed by atoms with E-state index < -0.39 is 0 Å². The van der Waals surface area contributed by atoms with Gasteiger partial charge in [0.05, 0.1) is 17.7 Å². The first kappa shape index (κ1) is 17.1. The maximum Gasteiger partial charge on any atom is 0.223 e. The quantitative estimate of drug-likeness (QED) is 0.851. The Hall–Kier alpha value is -1.69. The van der Waals surface area contributed by atoms with E-state index in [-0.39, 0.29) is 11.3 Å². The number of aromatic nitrogens is 3. The molecule has 5 nitrogen and oxygen atoms in total. The van der Waals surface area contributed by atoms with Crippen molar-refractivity contribution in [3.05, 3.63) is 34.8 Å². The van der Waals surface area contributed by atoms with Crippen LogP contribution in [-0.4, -0.2) is 38.4 Å². The minimum atomic E-state index is 0.0348.